The zero-order valence-electron chi connectivity index (χ0n) is 15.4. The summed E-state index contributed by atoms with van der Waals surface area (Å²) in [6.45, 7) is 3.73. The van der Waals surface area contributed by atoms with E-state index in [1.165, 1.54) is 31.0 Å². The van der Waals surface area contributed by atoms with Crippen LogP contribution in [-0.4, -0.2) is 31.1 Å². The van der Waals surface area contributed by atoms with E-state index in [-0.39, 0.29) is 5.91 Å². The molecule has 1 fully saturated rings. The van der Waals surface area contributed by atoms with E-state index in [0.717, 1.165) is 18.7 Å². The van der Waals surface area contributed by atoms with Crippen molar-refractivity contribution in [3.8, 4) is 0 Å². The summed E-state index contributed by atoms with van der Waals surface area (Å²) in [7, 11) is 0. The van der Waals surface area contributed by atoms with Crippen LogP contribution in [-0.2, 0) is 14.3 Å². The zero-order chi connectivity index (χ0) is 19.1. The van der Waals surface area contributed by atoms with Gasteiger partial charge in [-0.05, 0) is 78.9 Å². The average molecular weight is 385 g/mol. The van der Waals surface area contributed by atoms with Crippen LogP contribution in [0.1, 0.15) is 31.7 Å². The molecule has 142 valence electrons. The normalized spacial score (nSPS) is 15.5. The van der Waals surface area contributed by atoms with E-state index in [2.05, 4.69) is 10.2 Å². The standard InChI is InChI=1S/C21H24N2O3S/c1-16(26-20(24)10-5-17-11-14-27-15-17)21(25)22-18-6-8-19(9-7-18)23-12-3-2-4-13-23/h5-11,14-16H,2-4,12-13H2,1H3,(H,22,25)/b10-5+. The highest BCUT2D eigenvalue weighted by Gasteiger charge is 2.17. The van der Waals surface area contributed by atoms with Crippen LogP contribution in [0.3, 0.4) is 0 Å². The molecule has 27 heavy (non-hydrogen) atoms. The summed E-state index contributed by atoms with van der Waals surface area (Å²) in [6.07, 6.45) is 5.88. The molecule has 1 atom stereocenters. The second kappa shape index (κ2) is 9.37. The third-order valence-electron chi connectivity index (χ3n) is 4.47. The molecule has 3 rings (SSSR count). The summed E-state index contributed by atoms with van der Waals surface area (Å²) in [5, 5.41) is 6.64. The maximum absolute atomic E-state index is 12.2. The summed E-state index contributed by atoms with van der Waals surface area (Å²) in [5.74, 6) is -0.887. The first-order chi connectivity index (χ1) is 13.1. The molecule has 0 saturated carbocycles. The van der Waals surface area contributed by atoms with E-state index in [1.54, 1.807) is 24.3 Å². The first-order valence-electron chi connectivity index (χ1n) is 9.18. The number of anilines is 2. The van der Waals surface area contributed by atoms with E-state index in [1.807, 2.05) is 41.1 Å². The number of thiophene rings is 1. The fraction of sp³-hybridized carbons (Fsp3) is 0.333. The Morgan fingerprint density at radius 1 is 1.15 bits per heavy atom. The summed E-state index contributed by atoms with van der Waals surface area (Å²) in [5.41, 5.74) is 2.80. The van der Waals surface area contributed by atoms with Crippen LogP contribution in [0.2, 0.25) is 0 Å². The molecule has 5 nitrogen and oxygen atoms in total. The third-order valence-corrected chi connectivity index (χ3v) is 5.17. The minimum Gasteiger partial charge on any atom is -0.449 e. The Kier molecular flexibility index (Phi) is 6.65. The molecule has 0 radical (unpaired) electrons. The number of nitrogens with one attached hydrogen (secondary N) is 1. The molecular weight excluding hydrogens is 360 g/mol. The lowest BCUT2D eigenvalue weighted by atomic mass is 10.1. The number of hydrogen-bond acceptors (Lipinski definition) is 5. The molecule has 1 unspecified atom stereocenters. The molecule has 6 heteroatoms. The van der Waals surface area contributed by atoms with Gasteiger partial charge in [-0.3, -0.25) is 4.79 Å². The van der Waals surface area contributed by atoms with Crippen molar-refractivity contribution in [2.45, 2.75) is 32.3 Å². The number of rotatable bonds is 6. The number of amides is 1. The predicted octanol–water partition coefficient (Wildman–Crippen LogP) is 4.32. The lowest BCUT2D eigenvalue weighted by Crippen LogP contribution is -2.30. The Morgan fingerprint density at radius 2 is 1.89 bits per heavy atom. The predicted molar refractivity (Wildman–Crippen MR) is 110 cm³/mol. The Hall–Kier alpha value is -2.60. The SMILES string of the molecule is CC(OC(=O)/C=C/c1ccsc1)C(=O)Nc1ccc(N2CCCCC2)cc1. The Labute approximate surface area is 163 Å². The summed E-state index contributed by atoms with van der Waals surface area (Å²) in [6, 6.07) is 9.69. The minimum atomic E-state index is -0.869. The first kappa shape index (κ1) is 19.2. The topological polar surface area (TPSA) is 58.6 Å². The van der Waals surface area contributed by atoms with Gasteiger partial charge >= 0.3 is 5.97 Å². The van der Waals surface area contributed by atoms with Crippen LogP contribution in [0.5, 0.6) is 0 Å². The van der Waals surface area contributed by atoms with Gasteiger partial charge in [-0.15, -0.1) is 0 Å². The molecular formula is C21H24N2O3S. The van der Waals surface area contributed by atoms with Gasteiger partial charge in [0.1, 0.15) is 0 Å². The van der Waals surface area contributed by atoms with Gasteiger partial charge in [0.25, 0.3) is 5.91 Å². The van der Waals surface area contributed by atoms with Crippen LogP contribution >= 0.6 is 11.3 Å². The first-order valence-corrected chi connectivity index (χ1v) is 10.1. The van der Waals surface area contributed by atoms with Crippen molar-refractivity contribution in [1.82, 2.24) is 0 Å². The highest BCUT2D eigenvalue weighted by Crippen LogP contribution is 2.22. The number of ether oxygens (including phenoxy) is 1. The maximum Gasteiger partial charge on any atom is 0.331 e. The number of carbonyl (C=O) groups excluding carboxylic acids is 2. The van der Waals surface area contributed by atoms with Gasteiger partial charge in [-0.25, -0.2) is 4.79 Å². The maximum atomic E-state index is 12.2. The number of hydrogen-bond donors (Lipinski definition) is 1. The molecule has 2 heterocycles. The van der Waals surface area contributed by atoms with Crippen molar-refractivity contribution in [1.29, 1.82) is 0 Å². The second-order valence-corrected chi connectivity index (χ2v) is 7.33. The van der Waals surface area contributed by atoms with Crippen molar-refractivity contribution in [3.05, 3.63) is 52.7 Å². The Balaban J connectivity index is 1.49. The van der Waals surface area contributed by atoms with Gasteiger partial charge in [0.05, 0.1) is 0 Å². The van der Waals surface area contributed by atoms with E-state index in [0.29, 0.717) is 5.69 Å². The van der Waals surface area contributed by atoms with E-state index < -0.39 is 12.1 Å². The quantitative estimate of drug-likeness (QED) is 0.595. The molecule has 0 aliphatic carbocycles. The van der Waals surface area contributed by atoms with Crippen LogP contribution in [0, 0.1) is 0 Å². The molecule has 1 aromatic heterocycles. The van der Waals surface area contributed by atoms with E-state index in [9.17, 15) is 9.59 Å². The van der Waals surface area contributed by atoms with Crippen LogP contribution in [0.25, 0.3) is 6.08 Å². The van der Waals surface area contributed by atoms with E-state index in [4.69, 9.17) is 4.74 Å². The number of benzene rings is 1. The zero-order valence-corrected chi connectivity index (χ0v) is 16.2. The lowest BCUT2D eigenvalue weighted by molar-refractivity contribution is -0.148. The van der Waals surface area contributed by atoms with Crippen molar-refractivity contribution < 1.29 is 14.3 Å². The van der Waals surface area contributed by atoms with Gasteiger partial charge in [0.2, 0.25) is 0 Å². The lowest BCUT2D eigenvalue weighted by Gasteiger charge is -2.28. The number of esters is 1. The third kappa shape index (κ3) is 5.69. The summed E-state index contributed by atoms with van der Waals surface area (Å²) in [4.78, 5) is 26.4. The second-order valence-electron chi connectivity index (χ2n) is 6.55. The van der Waals surface area contributed by atoms with Gasteiger partial charge in [-0.2, -0.15) is 11.3 Å². The average Bonchev–Trinajstić information content (AvgIpc) is 3.21. The fourth-order valence-corrected chi connectivity index (χ4v) is 3.58. The van der Waals surface area contributed by atoms with E-state index >= 15 is 0 Å². The van der Waals surface area contributed by atoms with Gasteiger partial charge < -0.3 is 15.0 Å². The molecule has 2 aromatic rings. The summed E-state index contributed by atoms with van der Waals surface area (Å²) >= 11 is 1.55. The smallest absolute Gasteiger partial charge is 0.331 e. The van der Waals surface area contributed by atoms with Crippen LogP contribution < -0.4 is 10.2 Å². The van der Waals surface area contributed by atoms with Crippen molar-refractivity contribution in [3.63, 3.8) is 0 Å². The Morgan fingerprint density at radius 3 is 2.56 bits per heavy atom. The molecule has 1 amide bonds. The number of nitrogens with zero attached hydrogens (tertiary/aromatic N) is 1. The molecule has 1 N–H and O–H groups in total. The molecule has 1 saturated heterocycles. The fourth-order valence-electron chi connectivity index (χ4n) is 2.95. The molecule has 1 aromatic carbocycles. The highest BCUT2D eigenvalue weighted by molar-refractivity contribution is 7.08. The van der Waals surface area contributed by atoms with Gasteiger partial charge in [0, 0.05) is 30.5 Å². The molecule has 0 bridgehead atoms. The van der Waals surface area contributed by atoms with Crippen molar-refractivity contribution in [2.75, 3.05) is 23.3 Å². The highest BCUT2D eigenvalue weighted by atomic mass is 32.1. The van der Waals surface area contributed by atoms with Gasteiger partial charge in [0.15, 0.2) is 6.10 Å². The van der Waals surface area contributed by atoms with Crippen LogP contribution in [0.4, 0.5) is 11.4 Å². The minimum absolute atomic E-state index is 0.349. The van der Waals surface area contributed by atoms with Crippen LogP contribution in [0.15, 0.2) is 47.2 Å². The largest absolute Gasteiger partial charge is 0.449 e. The monoisotopic (exact) mass is 384 g/mol. The molecule has 0 spiro atoms. The van der Waals surface area contributed by atoms with Gasteiger partial charge in [-0.1, -0.05) is 0 Å². The van der Waals surface area contributed by atoms with Crippen molar-refractivity contribution in [2.24, 2.45) is 0 Å². The summed E-state index contributed by atoms with van der Waals surface area (Å²) < 4.78 is 5.16. The molecule has 1 aliphatic rings. The Bertz CT molecular complexity index is 778. The number of carbonyl (C=O) groups is 2. The molecule has 1 aliphatic heterocycles. The number of piperidine rings is 1. The van der Waals surface area contributed by atoms with Crippen molar-refractivity contribution >= 4 is 40.7 Å².